The van der Waals surface area contributed by atoms with Gasteiger partial charge in [0.25, 0.3) is 5.91 Å². The van der Waals surface area contributed by atoms with Gasteiger partial charge in [-0.3, -0.25) is 9.78 Å². The molecule has 0 spiro atoms. The Labute approximate surface area is 182 Å². The maximum absolute atomic E-state index is 13.6. The summed E-state index contributed by atoms with van der Waals surface area (Å²) >= 11 is 0. The fourth-order valence-electron chi connectivity index (χ4n) is 4.12. The van der Waals surface area contributed by atoms with Gasteiger partial charge in [-0.2, -0.15) is 0 Å². The molecule has 8 nitrogen and oxygen atoms in total. The third-order valence-electron chi connectivity index (χ3n) is 5.53. The number of methoxy groups -OCH3 is 1. The standard InChI is InChI=1S/C23H29N3O5/c1-14-8-15-9-19-17(10-18(15)24-11-14)21(27)26-16(6-7-30-19)12-25(13-20(26)29-5)22(28)31-23(2,3)4/h8-11,16,20H,6-7,12-13H2,1-5H3/t16?,20-/m0/s1. The summed E-state index contributed by atoms with van der Waals surface area (Å²) in [6.45, 7) is 8.51. The number of aromatic nitrogens is 1. The van der Waals surface area contributed by atoms with Crippen molar-refractivity contribution >= 4 is 22.9 Å². The molecule has 0 N–H and O–H groups in total. The Balaban J connectivity index is 1.67. The minimum atomic E-state index is -0.595. The van der Waals surface area contributed by atoms with E-state index in [4.69, 9.17) is 14.2 Å². The first kappa shape index (κ1) is 21.4. The van der Waals surface area contributed by atoms with Gasteiger partial charge in [0.1, 0.15) is 17.6 Å². The molecule has 8 heteroatoms. The van der Waals surface area contributed by atoms with Gasteiger partial charge in [-0.1, -0.05) is 0 Å². The Morgan fingerprint density at radius 2 is 2.00 bits per heavy atom. The van der Waals surface area contributed by atoms with Crippen LogP contribution in [0.1, 0.15) is 43.1 Å². The van der Waals surface area contributed by atoms with Crippen molar-refractivity contribution in [2.75, 3.05) is 26.8 Å². The molecule has 1 saturated heterocycles. The number of carbonyl (C=O) groups is 2. The SMILES string of the molecule is CO[C@H]1CN(C(=O)OC(C)(C)C)CC2CCOc3cc4cc(C)cnc4cc3C(=O)N21. The molecule has 0 aliphatic carbocycles. The zero-order valence-corrected chi connectivity index (χ0v) is 18.7. The number of piperazine rings is 1. The Bertz CT molecular complexity index is 1020. The molecule has 2 aromatic rings. The van der Waals surface area contributed by atoms with Crippen LogP contribution in [0.4, 0.5) is 4.79 Å². The Kier molecular flexibility index (Phi) is 5.51. The zero-order chi connectivity index (χ0) is 22.3. The van der Waals surface area contributed by atoms with Crippen LogP contribution in [0.25, 0.3) is 10.9 Å². The van der Waals surface area contributed by atoms with Crippen LogP contribution in [0.15, 0.2) is 24.4 Å². The van der Waals surface area contributed by atoms with Crippen molar-refractivity contribution < 1.29 is 23.8 Å². The summed E-state index contributed by atoms with van der Waals surface area (Å²) in [7, 11) is 1.55. The number of aryl methyl sites for hydroxylation is 1. The molecule has 2 atom stereocenters. The third-order valence-corrected chi connectivity index (χ3v) is 5.53. The van der Waals surface area contributed by atoms with Crippen LogP contribution in [-0.4, -0.2) is 71.5 Å². The average Bonchev–Trinajstić information content (AvgIpc) is 2.69. The maximum atomic E-state index is 13.6. The monoisotopic (exact) mass is 427 g/mol. The van der Waals surface area contributed by atoms with Crippen molar-refractivity contribution in [3.63, 3.8) is 0 Å². The van der Waals surface area contributed by atoms with E-state index in [9.17, 15) is 9.59 Å². The van der Waals surface area contributed by atoms with Crippen LogP contribution >= 0.6 is 0 Å². The number of rotatable bonds is 1. The van der Waals surface area contributed by atoms with Crippen LogP contribution in [0.2, 0.25) is 0 Å². The van der Waals surface area contributed by atoms with Crippen LogP contribution in [-0.2, 0) is 9.47 Å². The minimum absolute atomic E-state index is 0.181. The highest BCUT2D eigenvalue weighted by Gasteiger charge is 2.42. The lowest BCUT2D eigenvalue weighted by molar-refractivity contribution is -0.0931. The van der Waals surface area contributed by atoms with Crippen LogP contribution in [0.5, 0.6) is 5.75 Å². The lowest BCUT2D eigenvalue weighted by Crippen LogP contribution is -2.63. The molecule has 1 aromatic carbocycles. The maximum Gasteiger partial charge on any atom is 0.410 e. The molecule has 1 fully saturated rings. The molecule has 0 saturated carbocycles. The van der Waals surface area contributed by atoms with Gasteiger partial charge in [0.15, 0.2) is 0 Å². The Hall–Kier alpha value is -2.87. The summed E-state index contributed by atoms with van der Waals surface area (Å²) in [5.74, 6) is 0.368. The van der Waals surface area contributed by atoms with Crippen molar-refractivity contribution in [2.45, 2.75) is 52.0 Å². The van der Waals surface area contributed by atoms with Crippen molar-refractivity contribution in [1.82, 2.24) is 14.8 Å². The highest BCUT2D eigenvalue weighted by Crippen LogP contribution is 2.32. The highest BCUT2D eigenvalue weighted by molar-refractivity contribution is 6.01. The van der Waals surface area contributed by atoms with Gasteiger partial charge in [-0.25, -0.2) is 4.79 Å². The summed E-state index contributed by atoms with van der Waals surface area (Å²) in [6.07, 6.45) is 1.37. The van der Waals surface area contributed by atoms with E-state index in [1.165, 1.54) is 0 Å². The summed E-state index contributed by atoms with van der Waals surface area (Å²) in [4.78, 5) is 34.1. The molecule has 3 heterocycles. The third kappa shape index (κ3) is 4.30. The molecule has 2 amide bonds. The van der Waals surface area contributed by atoms with Crippen LogP contribution in [0, 0.1) is 6.92 Å². The number of hydrogen-bond acceptors (Lipinski definition) is 6. The van der Waals surface area contributed by atoms with Crippen molar-refractivity contribution in [1.29, 1.82) is 0 Å². The lowest BCUT2D eigenvalue weighted by atomic mass is 10.0. The number of nitrogens with zero attached hydrogens (tertiary/aromatic N) is 3. The highest BCUT2D eigenvalue weighted by atomic mass is 16.6. The van der Waals surface area contributed by atoms with Gasteiger partial charge in [0.05, 0.1) is 30.3 Å². The largest absolute Gasteiger partial charge is 0.493 e. The molecule has 31 heavy (non-hydrogen) atoms. The van der Waals surface area contributed by atoms with Crippen molar-refractivity contribution in [3.05, 3.63) is 35.5 Å². The van der Waals surface area contributed by atoms with Crippen LogP contribution in [0.3, 0.4) is 0 Å². The predicted molar refractivity (Wildman–Crippen MR) is 115 cm³/mol. The summed E-state index contributed by atoms with van der Waals surface area (Å²) < 4.78 is 17.2. The van der Waals surface area contributed by atoms with Gasteiger partial charge in [0.2, 0.25) is 0 Å². The fourth-order valence-corrected chi connectivity index (χ4v) is 4.12. The second kappa shape index (κ2) is 8.00. The van der Waals surface area contributed by atoms with Gasteiger partial charge in [-0.05, 0) is 51.5 Å². The minimum Gasteiger partial charge on any atom is -0.493 e. The van der Waals surface area contributed by atoms with E-state index in [2.05, 4.69) is 4.98 Å². The topological polar surface area (TPSA) is 81.2 Å². The number of hydrogen-bond donors (Lipinski definition) is 0. The second-order valence-electron chi connectivity index (χ2n) is 9.13. The molecule has 1 unspecified atom stereocenters. The first-order valence-electron chi connectivity index (χ1n) is 10.5. The molecule has 166 valence electrons. The number of fused-ring (bicyclic) bond motifs is 3. The quantitative estimate of drug-likeness (QED) is 0.694. The van der Waals surface area contributed by atoms with E-state index in [1.807, 2.05) is 39.8 Å². The molecule has 2 aliphatic heterocycles. The van der Waals surface area contributed by atoms with Crippen molar-refractivity contribution in [2.24, 2.45) is 0 Å². The first-order valence-corrected chi connectivity index (χ1v) is 10.5. The van der Waals surface area contributed by atoms with Crippen LogP contribution < -0.4 is 4.74 Å². The fraction of sp³-hybridized carbons (Fsp3) is 0.522. The van der Waals surface area contributed by atoms with E-state index in [0.29, 0.717) is 30.9 Å². The van der Waals surface area contributed by atoms with E-state index < -0.39 is 17.9 Å². The molecule has 0 radical (unpaired) electrons. The van der Waals surface area contributed by atoms with E-state index in [0.717, 1.165) is 16.5 Å². The number of pyridine rings is 1. The second-order valence-corrected chi connectivity index (χ2v) is 9.13. The molecule has 4 rings (SSSR count). The van der Waals surface area contributed by atoms with Gasteiger partial charge in [-0.15, -0.1) is 0 Å². The zero-order valence-electron chi connectivity index (χ0n) is 18.7. The van der Waals surface area contributed by atoms with E-state index in [1.54, 1.807) is 29.2 Å². The molecule has 0 bridgehead atoms. The summed E-state index contributed by atoms with van der Waals surface area (Å²) in [5, 5.41) is 0.932. The molecular weight excluding hydrogens is 398 g/mol. The number of carbonyl (C=O) groups excluding carboxylic acids is 2. The van der Waals surface area contributed by atoms with Gasteiger partial charge in [0, 0.05) is 31.7 Å². The summed E-state index contributed by atoms with van der Waals surface area (Å²) in [5.41, 5.74) is 1.64. The van der Waals surface area contributed by atoms with Gasteiger partial charge >= 0.3 is 6.09 Å². The first-order chi connectivity index (χ1) is 14.7. The van der Waals surface area contributed by atoms with E-state index in [-0.39, 0.29) is 18.5 Å². The predicted octanol–water partition coefficient (Wildman–Crippen LogP) is 3.36. The van der Waals surface area contributed by atoms with Gasteiger partial charge < -0.3 is 24.0 Å². The Morgan fingerprint density at radius 1 is 1.23 bits per heavy atom. The normalized spacial score (nSPS) is 21.6. The number of amides is 2. The Morgan fingerprint density at radius 3 is 2.71 bits per heavy atom. The lowest BCUT2D eigenvalue weighted by Gasteiger charge is -2.46. The van der Waals surface area contributed by atoms with Crippen molar-refractivity contribution in [3.8, 4) is 5.75 Å². The summed E-state index contributed by atoms with van der Waals surface area (Å²) in [6, 6.07) is 5.44. The number of ether oxygens (including phenoxy) is 3. The average molecular weight is 428 g/mol. The van der Waals surface area contributed by atoms with E-state index >= 15 is 0 Å². The smallest absolute Gasteiger partial charge is 0.410 e. The molecule has 2 aliphatic rings. The molecule has 1 aromatic heterocycles. The number of benzene rings is 1. The molecular formula is C23H29N3O5.